The number of hydrogen-bond acceptors (Lipinski definition) is 4. The zero-order chi connectivity index (χ0) is 35.4. The van der Waals surface area contributed by atoms with E-state index in [1.54, 1.807) is 0 Å². The van der Waals surface area contributed by atoms with Gasteiger partial charge in [-0.25, -0.2) is 15.0 Å². The molecule has 262 valence electrons. The van der Waals surface area contributed by atoms with Crippen molar-refractivity contribution in [2.45, 2.75) is 55.3 Å². The van der Waals surface area contributed by atoms with E-state index in [1.807, 2.05) is 0 Å². The van der Waals surface area contributed by atoms with Crippen molar-refractivity contribution in [2.24, 2.45) is 23.7 Å². The maximum absolute atomic E-state index is 7.11. The van der Waals surface area contributed by atoms with Crippen LogP contribution in [0.25, 0.3) is 33.9 Å². The van der Waals surface area contributed by atoms with Crippen molar-refractivity contribution in [1.82, 2.24) is 15.0 Å². The van der Waals surface area contributed by atoms with Crippen molar-refractivity contribution in [3.8, 4) is 45.4 Å². The second-order valence-corrected chi connectivity index (χ2v) is 16.9. The molecule has 6 aromatic rings. The van der Waals surface area contributed by atoms with Gasteiger partial charge in [-0.15, -0.1) is 0 Å². The highest BCUT2D eigenvalue weighted by Crippen LogP contribution is 2.66. The monoisotopic (exact) mass is 699 g/mol. The Hall–Kier alpha value is -5.61. The number of aromatic nitrogens is 3. The molecular weight excluding hydrogens is 659 g/mol. The van der Waals surface area contributed by atoms with Crippen LogP contribution in [0.2, 0.25) is 0 Å². The number of rotatable bonds is 4. The Morgan fingerprint density at radius 2 is 1.19 bits per heavy atom. The summed E-state index contributed by atoms with van der Waals surface area (Å²) in [5.74, 6) is 7.02. The Kier molecular flexibility index (Phi) is 6.53. The molecular formula is C50H41N3O. The summed E-state index contributed by atoms with van der Waals surface area (Å²) >= 11 is 0. The van der Waals surface area contributed by atoms with E-state index in [2.05, 4.69) is 146 Å². The van der Waals surface area contributed by atoms with Crippen LogP contribution in [0.15, 0.2) is 146 Å². The second kappa shape index (κ2) is 11.4. The van der Waals surface area contributed by atoms with Crippen LogP contribution in [0, 0.1) is 23.7 Å². The molecule has 1 aromatic heterocycles. The van der Waals surface area contributed by atoms with Crippen LogP contribution in [0.1, 0.15) is 72.5 Å². The molecule has 0 saturated heterocycles. The summed E-state index contributed by atoms with van der Waals surface area (Å²) in [5, 5.41) is 0. The average molecular weight is 700 g/mol. The molecule has 4 fully saturated rings. The zero-order valence-electron chi connectivity index (χ0n) is 30.2. The summed E-state index contributed by atoms with van der Waals surface area (Å²) in [6.45, 7) is 0. The number of fused-ring (bicyclic) bond motifs is 9. The molecule has 1 spiro atoms. The lowest BCUT2D eigenvalue weighted by Crippen LogP contribution is -2.49. The minimum absolute atomic E-state index is 0.00140. The molecule has 6 aliphatic carbocycles. The first-order valence-electron chi connectivity index (χ1n) is 19.9. The number of para-hydroxylation sites is 2. The normalized spacial score (nSPS) is 29.0. The topological polar surface area (TPSA) is 47.9 Å². The van der Waals surface area contributed by atoms with E-state index in [-0.39, 0.29) is 17.3 Å². The van der Waals surface area contributed by atoms with Crippen molar-refractivity contribution >= 4 is 0 Å². The van der Waals surface area contributed by atoms with E-state index in [0.29, 0.717) is 5.82 Å². The smallest absolute Gasteiger partial charge is 0.167 e. The molecule has 13 rings (SSSR count). The van der Waals surface area contributed by atoms with E-state index < -0.39 is 5.41 Å². The average Bonchev–Trinajstić information content (AvgIpc) is 3.51. The summed E-state index contributed by atoms with van der Waals surface area (Å²) in [4.78, 5) is 16.5. The van der Waals surface area contributed by atoms with Gasteiger partial charge < -0.3 is 4.74 Å². The predicted octanol–water partition coefficient (Wildman–Crippen LogP) is 11.6. The highest BCUT2D eigenvalue weighted by atomic mass is 16.5. The van der Waals surface area contributed by atoms with Gasteiger partial charge in [-0.3, -0.25) is 0 Å². The van der Waals surface area contributed by atoms with Gasteiger partial charge >= 0.3 is 0 Å². The van der Waals surface area contributed by atoms with Gasteiger partial charge in [0.1, 0.15) is 17.3 Å². The molecule has 0 amide bonds. The fourth-order valence-corrected chi connectivity index (χ4v) is 12.3. The van der Waals surface area contributed by atoms with Crippen LogP contribution >= 0.6 is 0 Å². The Labute approximate surface area is 316 Å². The Morgan fingerprint density at radius 1 is 0.537 bits per heavy atom. The molecule has 1 aliphatic heterocycles. The van der Waals surface area contributed by atoms with Crippen LogP contribution < -0.4 is 4.74 Å². The summed E-state index contributed by atoms with van der Waals surface area (Å²) < 4.78 is 7.11. The maximum atomic E-state index is 7.11. The molecule has 0 radical (unpaired) electrons. The molecule has 7 aliphatic rings. The summed E-state index contributed by atoms with van der Waals surface area (Å²) in [6, 6.07) is 43.8. The van der Waals surface area contributed by atoms with E-state index >= 15 is 0 Å². The van der Waals surface area contributed by atoms with Crippen LogP contribution in [0.3, 0.4) is 0 Å². The van der Waals surface area contributed by atoms with Crippen LogP contribution in [0.4, 0.5) is 0 Å². The van der Waals surface area contributed by atoms with E-state index in [1.165, 1.54) is 66.3 Å². The molecule has 3 atom stereocenters. The Bertz CT molecular complexity index is 2520. The number of allylic oxidation sites excluding steroid dienone is 4. The minimum atomic E-state index is -0.425. The van der Waals surface area contributed by atoms with Gasteiger partial charge in [0.2, 0.25) is 0 Å². The fraction of sp³-hybridized carbons (Fsp3) is 0.260. The van der Waals surface area contributed by atoms with Crippen molar-refractivity contribution in [2.75, 3.05) is 0 Å². The van der Waals surface area contributed by atoms with E-state index in [4.69, 9.17) is 19.7 Å². The van der Waals surface area contributed by atoms with Crippen molar-refractivity contribution in [3.63, 3.8) is 0 Å². The predicted molar refractivity (Wildman–Crippen MR) is 213 cm³/mol. The number of nitrogens with zero attached hydrogens (tertiary/aromatic N) is 3. The van der Waals surface area contributed by atoms with Crippen molar-refractivity contribution in [1.29, 1.82) is 0 Å². The first-order valence-corrected chi connectivity index (χ1v) is 19.9. The third-order valence-corrected chi connectivity index (χ3v) is 14.0. The lowest BCUT2D eigenvalue weighted by Gasteiger charge is -2.56. The lowest BCUT2D eigenvalue weighted by molar-refractivity contribution is -0.00938. The highest BCUT2D eigenvalue weighted by Gasteiger charge is 2.57. The highest BCUT2D eigenvalue weighted by molar-refractivity contribution is 5.78. The van der Waals surface area contributed by atoms with E-state index in [0.717, 1.165) is 57.6 Å². The standard InChI is InChI=1S/C50H41N3O/c1-2-12-34(13-3-1)35-14-10-15-36(27-35)46-51-47(53-48(52-46)49-28-31-24-32(29-49)26-33(25-31)30-49)39-18-11-22-43-45(39)54-44-23-9-8-21-42(44)50(43)40-19-6-4-16-37(40)38-17-5-7-20-41(38)50/h1-23,27,31-33,37,40H,24-26,28-30H2. The molecule has 54 heavy (non-hydrogen) atoms. The van der Waals surface area contributed by atoms with Crippen LogP contribution in [0.5, 0.6) is 11.5 Å². The Balaban J connectivity index is 1.09. The van der Waals surface area contributed by atoms with Gasteiger partial charge in [0.05, 0.1) is 11.0 Å². The minimum Gasteiger partial charge on any atom is -0.456 e. The molecule has 4 bridgehead atoms. The number of ether oxygens (including phenoxy) is 1. The van der Waals surface area contributed by atoms with Crippen molar-refractivity contribution < 1.29 is 4.74 Å². The third kappa shape index (κ3) is 4.34. The quantitative estimate of drug-likeness (QED) is 0.184. The molecule has 4 heteroatoms. The van der Waals surface area contributed by atoms with Gasteiger partial charge in [0.15, 0.2) is 11.6 Å². The van der Waals surface area contributed by atoms with Crippen LogP contribution in [-0.2, 0) is 10.8 Å². The SMILES string of the molecule is C1=CC2c3ccccc3C3(c4ccccc4Oc4c(-c5nc(-c6cccc(-c7ccccc7)c6)nc(C67CC8CC(CC(C8)C6)C7)n5)cccc43)C2C=C1. The molecule has 3 unspecified atom stereocenters. The van der Waals surface area contributed by atoms with Gasteiger partial charge in [-0.05, 0) is 96.7 Å². The summed E-state index contributed by atoms with van der Waals surface area (Å²) in [5.41, 5.74) is 9.03. The number of hydrogen-bond donors (Lipinski definition) is 0. The summed E-state index contributed by atoms with van der Waals surface area (Å²) in [6.07, 6.45) is 16.9. The van der Waals surface area contributed by atoms with Gasteiger partial charge in [0, 0.05) is 33.9 Å². The van der Waals surface area contributed by atoms with Crippen molar-refractivity contribution in [3.05, 3.63) is 174 Å². The molecule has 5 aromatic carbocycles. The third-order valence-electron chi connectivity index (χ3n) is 14.0. The van der Waals surface area contributed by atoms with Gasteiger partial charge in [0.25, 0.3) is 0 Å². The number of benzene rings is 5. The largest absolute Gasteiger partial charge is 0.456 e. The van der Waals surface area contributed by atoms with Gasteiger partial charge in [-0.1, -0.05) is 127 Å². The molecule has 4 saturated carbocycles. The lowest BCUT2D eigenvalue weighted by atomic mass is 9.49. The Morgan fingerprint density at radius 3 is 2.02 bits per heavy atom. The zero-order valence-corrected chi connectivity index (χ0v) is 30.2. The molecule has 4 nitrogen and oxygen atoms in total. The molecule has 0 N–H and O–H groups in total. The van der Waals surface area contributed by atoms with Gasteiger partial charge in [-0.2, -0.15) is 0 Å². The summed E-state index contributed by atoms with van der Waals surface area (Å²) in [7, 11) is 0. The maximum Gasteiger partial charge on any atom is 0.167 e. The first kappa shape index (κ1) is 30.8. The fourth-order valence-electron chi connectivity index (χ4n) is 12.3. The van der Waals surface area contributed by atoms with Crippen LogP contribution in [-0.4, -0.2) is 15.0 Å². The first-order chi connectivity index (χ1) is 26.7. The molecule has 2 heterocycles. The van der Waals surface area contributed by atoms with E-state index in [9.17, 15) is 0 Å². The second-order valence-electron chi connectivity index (χ2n) is 16.9.